The highest BCUT2D eigenvalue weighted by atomic mass is 16.5. The van der Waals surface area contributed by atoms with E-state index >= 15 is 0 Å². The highest BCUT2D eigenvalue weighted by molar-refractivity contribution is 4.69. The fraction of sp³-hybridized carbons (Fsp3) is 1.00. The van der Waals surface area contributed by atoms with Crippen LogP contribution in [0.4, 0.5) is 0 Å². The van der Waals surface area contributed by atoms with Crippen molar-refractivity contribution in [3.8, 4) is 0 Å². The van der Waals surface area contributed by atoms with Crippen LogP contribution < -0.4 is 5.32 Å². The molecule has 0 aromatic heterocycles. The van der Waals surface area contributed by atoms with Crippen molar-refractivity contribution in [1.82, 2.24) is 10.2 Å². The molecule has 0 aliphatic carbocycles. The third kappa shape index (κ3) is 7.02. The molecule has 1 aliphatic heterocycles. The number of nitrogens with zero attached hydrogens (tertiary/aromatic N) is 1. The summed E-state index contributed by atoms with van der Waals surface area (Å²) in [7, 11) is 2.24. The number of hydrogen-bond donors (Lipinski definition) is 1. The van der Waals surface area contributed by atoms with Crippen LogP contribution in [-0.2, 0) is 4.74 Å². The van der Waals surface area contributed by atoms with E-state index in [0.29, 0.717) is 12.0 Å². The average molecular weight is 242 g/mol. The highest BCUT2D eigenvalue weighted by Gasteiger charge is 2.16. The zero-order valence-electron chi connectivity index (χ0n) is 12.0. The topological polar surface area (TPSA) is 24.5 Å². The fourth-order valence-electron chi connectivity index (χ4n) is 2.50. The molecule has 2 atom stereocenters. The molecule has 102 valence electrons. The van der Waals surface area contributed by atoms with Crippen molar-refractivity contribution in [3.05, 3.63) is 0 Å². The minimum absolute atomic E-state index is 0.592. The molecule has 0 aromatic carbocycles. The molecule has 1 N–H and O–H groups in total. The maximum Gasteiger partial charge on any atom is 0.0506 e. The molecule has 1 rings (SSSR count). The van der Waals surface area contributed by atoms with Gasteiger partial charge in [-0.3, -0.25) is 0 Å². The Bertz CT molecular complexity index is 191. The van der Waals surface area contributed by atoms with Gasteiger partial charge in [-0.15, -0.1) is 0 Å². The molecule has 0 aromatic rings. The Morgan fingerprint density at radius 2 is 2.12 bits per heavy atom. The lowest BCUT2D eigenvalue weighted by Crippen LogP contribution is -2.37. The van der Waals surface area contributed by atoms with Crippen molar-refractivity contribution in [1.29, 1.82) is 0 Å². The van der Waals surface area contributed by atoms with Gasteiger partial charge in [0.1, 0.15) is 0 Å². The van der Waals surface area contributed by atoms with Gasteiger partial charge in [0, 0.05) is 25.7 Å². The number of rotatable bonds is 7. The highest BCUT2D eigenvalue weighted by Crippen LogP contribution is 2.14. The lowest BCUT2D eigenvalue weighted by atomic mass is 10.0. The second kappa shape index (κ2) is 8.06. The molecule has 1 saturated heterocycles. The second-order valence-electron chi connectivity index (χ2n) is 5.97. The minimum atomic E-state index is 0.592. The Morgan fingerprint density at radius 3 is 2.71 bits per heavy atom. The molecule has 3 nitrogen and oxygen atoms in total. The van der Waals surface area contributed by atoms with E-state index in [2.05, 4.69) is 38.0 Å². The van der Waals surface area contributed by atoms with Crippen molar-refractivity contribution in [3.63, 3.8) is 0 Å². The van der Waals surface area contributed by atoms with Gasteiger partial charge in [-0.2, -0.15) is 0 Å². The molecule has 3 heteroatoms. The van der Waals surface area contributed by atoms with Crippen LogP contribution in [0.5, 0.6) is 0 Å². The standard InChI is InChI=1S/C14H30N2O/c1-12(2)15-8-13(3)9-16(4)10-14-6-5-7-17-11-14/h12-15H,5-11H2,1-4H3. The van der Waals surface area contributed by atoms with Gasteiger partial charge < -0.3 is 15.0 Å². The van der Waals surface area contributed by atoms with Gasteiger partial charge in [0.05, 0.1) is 6.61 Å². The average Bonchev–Trinajstić information content (AvgIpc) is 2.27. The number of ether oxygens (including phenoxy) is 1. The van der Waals surface area contributed by atoms with E-state index in [9.17, 15) is 0 Å². The first-order valence-electron chi connectivity index (χ1n) is 7.07. The summed E-state index contributed by atoms with van der Waals surface area (Å²) in [6.07, 6.45) is 2.58. The van der Waals surface area contributed by atoms with Gasteiger partial charge in [-0.05, 0) is 38.3 Å². The Morgan fingerprint density at radius 1 is 1.35 bits per heavy atom. The quantitative estimate of drug-likeness (QED) is 0.739. The third-order valence-corrected chi connectivity index (χ3v) is 3.32. The summed E-state index contributed by atoms with van der Waals surface area (Å²) in [4.78, 5) is 2.46. The number of nitrogens with one attached hydrogen (secondary N) is 1. The SMILES string of the molecule is CC(CNC(C)C)CN(C)CC1CCCOC1. The summed E-state index contributed by atoms with van der Waals surface area (Å²) in [5.41, 5.74) is 0. The van der Waals surface area contributed by atoms with E-state index in [-0.39, 0.29) is 0 Å². The van der Waals surface area contributed by atoms with Gasteiger partial charge in [0.25, 0.3) is 0 Å². The van der Waals surface area contributed by atoms with Crippen LogP contribution in [0, 0.1) is 11.8 Å². The van der Waals surface area contributed by atoms with Crippen molar-refractivity contribution in [2.45, 2.75) is 39.7 Å². The third-order valence-electron chi connectivity index (χ3n) is 3.32. The zero-order chi connectivity index (χ0) is 12.7. The van der Waals surface area contributed by atoms with E-state index < -0.39 is 0 Å². The molecule has 1 fully saturated rings. The summed E-state index contributed by atoms with van der Waals surface area (Å²) in [5, 5.41) is 3.50. The second-order valence-corrected chi connectivity index (χ2v) is 5.97. The van der Waals surface area contributed by atoms with Crippen molar-refractivity contribution >= 4 is 0 Å². The molecule has 0 radical (unpaired) electrons. The van der Waals surface area contributed by atoms with Crippen molar-refractivity contribution in [2.24, 2.45) is 11.8 Å². The van der Waals surface area contributed by atoms with E-state index in [1.54, 1.807) is 0 Å². The molecule has 1 heterocycles. The van der Waals surface area contributed by atoms with Crippen LogP contribution in [0.1, 0.15) is 33.6 Å². The summed E-state index contributed by atoms with van der Waals surface area (Å²) < 4.78 is 5.53. The summed E-state index contributed by atoms with van der Waals surface area (Å²) in [6, 6.07) is 0.592. The molecule has 0 spiro atoms. The smallest absolute Gasteiger partial charge is 0.0506 e. The Labute approximate surface area is 107 Å². The molecule has 0 bridgehead atoms. The van der Waals surface area contributed by atoms with E-state index in [0.717, 1.165) is 25.7 Å². The maximum atomic E-state index is 5.53. The Balaban J connectivity index is 2.12. The van der Waals surface area contributed by atoms with Crippen LogP contribution in [0.15, 0.2) is 0 Å². The van der Waals surface area contributed by atoms with E-state index in [4.69, 9.17) is 4.74 Å². The van der Waals surface area contributed by atoms with Crippen LogP contribution >= 0.6 is 0 Å². The van der Waals surface area contributed by atoms with Crippen LogP contribution in [-0.4, -0.2) is 50.8 Å². The molecule has 0 saturated carbocycles. The fourth-order valence-corrected chi connectivity index (χ4v) is 2.50. The molecular formula is C14H30N2O. The van der Waals surface area contributed by atoms with Crippen LogP contribution in [0.25, 0.3) is 0 Å². The van der Waals surface area contributed by atoms with Gasteiger partial charge in [-0.25, -0.2) is 0 Å². The predicted octanol–water partition coefficient (Wildman–Crippen LogP) is 1.98. The van der Waals surface area contributed by atoms with Crippen molar-refractivity contribution in [2.75, 3.05) is 39.9 Å². The van der Waals surface area contributed by atoms with Gasteiger partial charge >= 0.3 is 0 Å². The summed E-state index contributed by atoms with van der Waals surface area (Å²) in [6.45, 7) is 12.1. The lowest BCUT2D eigenvalue weighted by Gasteiger charge is -2.29. The zero-order valence-corrected chi connectivity index (χ0v) is 12.0. The first-order valence-corrected chi connectivity index (χ1v) is 7.07. The summed E-state index contributed by atoms with van der Waals surface area (Å²) >= 11 is 0. The van der Waals surface area contributed by atoms with Crippen molar-refractivity contribution < 1.29 is 4.74 Å². The summed E-state index contributed by atoms with van der Waals surface area (Å²) in [5.74, 6) is 1.46. The Hall–Kier alpha value is -0.120. The van der Waals surface area contributed by atoms with Gasteiger partial charge in [0.2, 0.25) is 0 Å². The first kappa shape index (κ1) is 14.9. The molecule has 2 unspecified atom stereocenters. The molecule has 0 amide bonds. The number of hydrogen-bond acceptors (Lipinski definition) is 3. The van der Waals surface area contributed by atoms with Gasteiger partial charge in [0.15, 0.2) is 0 Å². The molecule has 1 aliphatic rings. The molecular weight excluding hydrogens is 212 g/mol. The monoisotopic (exact) mass is 242 g/mol. The van der Waals surface area contributed by atoms with Crippen LogP contribution in [0.3, 0.4) is 0 Å². The Kier molecular flexibility index (Phi) is 7.09. The first-order chi connectivity index (χ1) is 8.08. The lowest BCUT2D eigenvalue weighted by molar-refractivity contribution is 0.0405. The normalized spacial score (nSPS) is 23.3. The maximum absolute atomic E-state index is 5.53. The minimum Gasteiger partial charge on any atom is -0.381 e. The van der Waals surface area contributed by atoms with E-state index in [1.807, 2.05) is 0 Å². The largest absolute Gasteiger partial charge is 0.381 e. The van der Waals surface area contributed by atoms with E-state index in [1.165, 1.54) is 25.9 Å². The van der Waals surface area contributed by atoms with Crippen LogP contribution in [0.2, 0.25) is 0 Å². The molecule has 17 heavy (non-hydrogen) atoms. The predicted molar refractivity (Wildman–Crippen MR) is 73.3 cm³/mol. The van der Waals surface area contributed by atoms with Gasteiger partial charge in [-0.1, -0.05) is 20.8 Å².